The third-order valence-corrected chi connectivity index (χ3v) is 6.30. The summed E-state index contributed by atoms with van der Waals surface area (Å²) in [5.74, 6) is 0.243. The van der Waals surface area contributed by atoms with E-state index in [1.54, 1.807) is 4.90 Å². The summed E-state index contributed by atoms with van der Waals surface area (Å²) in [6.45, 7) is 11.8. The molecule has 5 nitrogen and oxygen atoms in total. The number of hydrogen-bond acceptors (Lipinski definition) is 4. The first-order chi connectivity index (χ1) is 18.1. The molecular formula is C33H44N2O3. The molecule has 0 saturated heterocycles. The van der Waals surface area contributed by atoms with Crippen LogP contribution in [0.4, 0.5) is 4.79 Å². The summed E-state index contributed by atoms with van der Waals surface area (Å²) in [5, 5.41) is 11.8. The second-order valence-corrected chi connectivity index (χ2v) is 11.5. The Balaban J connectivity index is 1.94. The van der Waals surface area contributed by atoms with E-state index in [0.29, 0.717) is 26.1 Å². The van der Waals surface area contributed by atoms with Crippen molar-refractivity contribution < 1.29 is 14.6 Å². The topological polar surface area (TPSA) is 53.0 Å². The minimum absolute atomic E-state index is 0.199. The predicted octanol–water partition coefficient (Wildman–Crippen LogP) is 6.55. The number of aliphatic hydroxyl groups excluding tert-OH is 1. The summed E-state index contributed by atoms with van der Waals surface area (Å²) in [5.41, 5.74) is 2.91. The monoisotopic (exact) mass is 516 g/mol. The normalized spacial score (nSPS) is 13.4. The van der Waals surface area contributed by atoms with Crippen LogP contribution in [0, 0.1) is 5.92 Å². The molecule has 0 aromatic heterocycles. The van der Waals surface area contributed by atoms with Crippen LogP contribution in [0.25, 0.3) is 0 Å². The Kier molecular flexibility index (Phi) is 10.9. The summed E-state index contributed by atoms with van der Waals surface area (Å²) in [6.07, 6.45) is -0.513. The first kappa shape index (κ1) is 29.4. The molecule has 0 aliphatic carbocycles. The van der Waals surface area contributed by atoms with E-state index in [0.717, 1.165) is 5.56 Å². The van der Waals surface area contributed by atoms with Crippen molar-refractivity contribution >= 4 is 6.09 Å². The summed E-state index contributed by atoms with van der Waals surface area (Å²) >= 11 is 0. The quantitative estimate of drug-likeness (QED) is 0.296. The highest BCUT2D eigenvalue weighted by atomic mass is 16.6. The van der Waals surface area contributed by atoms with Gasteiger partial charge in [-0.1, -0.05) is 105 Å². The van der Waals surface area contributed by atoms with E-state index in [2.05, 4.69) is 55.1 Å². The average molecular weight is 517 g/mol. The summed E-state index contributed by atoms with van der Waals surface area (Å²) in [7, 11) is 0. The molecule has 2 atom stereocenters. The van der Waals surface area contributed by atoms with Crippen LogP contribution in [0.5, 0.6) is 0 Å². The van der Waals surface area contributed by atoms with Gasteiger partial charge in [-0.2, -0.15) is 0 Å². The lowest BCUT2D eigenvalue weighted by molar-refractivity contribution is -0.00913. The fraction of sp³-hybridized carbons (Fsp3) is 0.424. The van der Waals surface area contributed by atoms with E-state index >= 15 is 0 Å². The molecule has 0 aliphatic heterocycles. The Morgan fingerprint density at radius 2 is 1.21 bits per heavy atom. The number of aliphatic hydroxyl groups is 1. The predicted molar refractivity (Wildman–Crippen MR) is 155 cm³/mol. The number of rotatable bonds is 12. The van der Waals surface area contributed by atoms with Gasteiger partial charge in [0.05, 0.1) is 12.6 Å². The number of benzene rings is 3. The van der Waals surface area contributed by atoms with Crippen LogP contribution in [0.15, 0.2) is 91.0 Å². The number of carbonyl (C=O) groups is 1. The lowest BCUT2D eigenvalue weighted by atomic mass is 9.97. The maximum atomic E-state index is 13.1. The van der Waals surface area contributed by atoms with E-state index in [-0.39, 0.29) is 24.6 Å². The summed E-state index contributed by atoms with van der Waals surface area (Å²) in [4.78, 5) is 17.1. The van der Waals surface area contributed by atoms with Crippen molar-refractivity contribution in [1.82, 2.24) is 9.80 Å². The molecule has 0 aliphatic rings. The maximum Gasteiger partial charge on any atom is 0.410 e. The fourth-order valence-corrected chi connectivity index (χ4v) is 4.63. The largest absolute Gasteiger partial charge is 0.444 e. The second-order valence-electron chi connectivity index (χ2n) is 11.5. The lowest BCUT2D eigenvalue weighted by Gasteiger charge is -2.38. The molecule has 0 bridgehead atoms. The van der Waals surface area contributed by atoms with Gasteiger partial charge in [-0.3, -0.25) is 4.90 Å². The molecule has 0 saturated carbocycles. The molecule has 0 spiro atoms. The minimum atomic E-state index is -0.783. The zero-order valence-electron chi connectivity index (χ0n) is 23.6. The van der Waals surface area contributed by atoms with Gasteiger partial charge >= 0.3 is 6.09 Å². The number of nitrogens with zero attached hydrogens (tertiary/aromatic N) is 2. The van der Waals surface area contributed by atoms with Gasteiger partial charge in [-0.25, -0.2) is 4.79 Å². The van der Waals surface area contributed by atoms with Crippen LogP contribution in [-0.4, -0.2) is 51.8 Å². The smallest absolute Gasteiger partial charge is 0.410 e. The van der Waals surface area contributed by atoms with E-state index in [4.69, 9.17) is 4.74 Å². The summed E-state index contributed by atoms with van der Waals surface area (Å²) < 4.78 is 5.71. The van der Waals surface area contributed by atoms with E-state index < -0.39 is 11.7 Å². The molecule has 0 fully saturated rings. The third kappa shape index (κ3) is 9.96. The molecule has 3 rings (SSSR count). The van der Waals surface area contributed by atoms with Crippen LogP contribution in [0.1, 0.15) is 51.3 Å². The molecule has 3 aromatic carbocycles. The van der Waals surface area contributed by atoms with Gasteiger partial charge in [0.1, 0.15) is 5.60 Å². The molecule has 0 radical (unpaired) electrons. The molecule has 0 heterocycles. The zero-order valence-corrected chi connectivity index (χ0v) is 23.6. The van der Waals surface area contributed by atoms with Crippen LogP contribution in [0.2, 0.25) is 0 Å². The Morgan fingerprint density at radius 3 is 1.63 bits per heavy atom. The Labute approximate surface area is 229 Å². The van der Waals surface area contributed by atoms with Crippen LogP contribution >= 0.6 is 0 Å². The second kappa shape index (κ2) is 14.1. The molecule has 5 heteroatoms. The molecule has 1 amide bonds. The SMILES string of the molecule is CC(C)CN(C[C@@H](O)[C@H](Cc1ccccc1)N(Cc1ccccc1)Cc1ccccc1)C(=O)OC(C)(C)C. The Bertz CT molecular complexity index is 1040. The van der Waals surface area contributed by atoms with Crippen LogP contribution in [0.3, 0.4) is 0 Å². The number of ether oxygens (including phenoxy) is 1. The summed E-state index contributed by atoms with van der Waals surface area (Å²) in [6, 6.07) is 30.8. The van der Waals surface area contributed by atoms with Gasteiger partial charge in [-0.05, 0) is 49.8 Å². The van der Waals surface area contributed by atoms with Crippen molar-refractivity contribution in [2.75, 3.05) is 13.1 Å². The van der Waals surface area contributed by atoms with Crippen molar-refractivity contribution in [3.8, 4) is 0 Å². The van der Waals surface area contributed by atoms with Gasteiger partial charge in [0.15, 0.2) is 0 Å². The van der Waals surface area contributed by atoms with Crippen molar-refractivity contribution in [3.05, 3.63) is 108 Å². The third-order valence-electron chi connectivity index (χ3n) is 6.30. The highest BCUT2D eigenvalue weighted by molar-refractivity contribution is 5.68. The van der Waals surface area contributed by atoms with Crippen molar-refractivity contribution in [1.29, 1.82) is 0 Å². The van der Waals surface area contributed by atoms with E-state index in [9.17, 15) is 9.90 Å². The van der Waals surface area contributed by atoms with Gasteiger partial charge in [0.2, 0.25) is 0 Å². The van der Waals surface area contributed by atoms with Crippen molar-refractivity contribution in [2.24, 2.45) is 5.92 Å². The highest BCUT2D eigenvalue weighted by Gasteiger charge is 2.31. The standard InChI is InChI=1S/C33H44N2O3/c1-26(2)22-35(32(37)38-33(3,4)5)25-31(36)30(21-27-15-9-6-10-16-27)34(23-28-17-11-7-12-18-28)24-29-19-13-8-14-20-29/h6-20,26,30-31,36H,21-25H2,1-5H3/t30-,31+/m0/s1. The Hall–Kier alpha value is -3.15. The fourth-order valence-electron chi connectivity index (χ4n) is 4.63. The van der Waals surface area contributed by atoms with Crippen LogP contribution < -0.4 is 0 Å². The van der Waals surface area contributed by atoms with Gasteiger partial charge in [-0.15, -0.1) is 0 Å². The van der Waals surface area contributed by atoms with Crippen LogP contribution in [-0.2, 0) is 24.2 Å². The Morgan fingerprint density at radius 1 is 0.763 bits per heavy atom. The molecule has 0 unspecified atom stereocenters. The lowest BCUT2D eigenvalue weighted by Crippen LogP contribution is -2.51. The average Bonchev–Trinajstić information content (AvgIpc) is 2.87. The van der Waals surface area contributed by atoms with Crippen molar-refractivity contribution in [2.45, 2.75) is 71.9 Å². The number of hydrogen-bond donors (Lipinski definition) is 1. The van der Waals surface area contributed by atoms with Gasteiger partial charge in [0, 0.05) is 25.7 Å². The first-order valence-electron chi connectivity index (χ1n) is 13.6. The van der Waals surface area contributed by atoms with Gasteiger partial charge in [0.25, 0.3) is 0 Å². The molecule has 38 heavy (non-hydrogen) atoms. The molecular weight excluding hydrogens is 472 g/mol. The molecule has 3 aromatic rings. The minimum Gasteiger partial charge on any atom is -0.444 e. The van der Waals surface area contributed by atoms with E-state index in [1.807, 2.05) is 75.4 Å². The molecule has 204 valence electrons. The highest BCUT2D eigenvalue weighted by Crippen LogP contribution is 2.21. The first-order valence-corrected chi connectivity index (χ1v) is 13.6. The van der Waals surface area contributed by atoms with Gasteiger partial charge < -0.3 is 14.7 Å². The molecule has 1 N–H and O–H groups in total. The zero-order chi connectivity index (χ0) is 27.5. The maximum absolute atomic E-state index is 13.1. The van der Waals surface area contributed by atoms with E-state index in [1.165, 1.54) is 11.1 Å². The van der Waals surface area contributed by atoms with Crippen molar-refractivity contribution in [3.63, 3.8) is 0 Å². The number of carbonyl (C=O) groups excluding carboxylic acids is 1. The number of amides is 1.